The predicted octanol–water partition coefficient (Wildman–Crippen LogP) is 3.93. The zero-order valence-electron chi connectivity index (χ0n) is 14.5. The standard InChI is InChI=1S/C20H23N3O2/c1-3-15(2)19(24)20(23-14-21-13-22-23)25-18-11-9-17(10-12-18)16-7-5-4-6-8-16/h4-15,19-20,24H,3H2,1-2H3. The molecule has 3 atom stereocenters. The van der Waals surface area contributed by atoms with Gasteiger partial charge in [0.05, 0.1) is 0 Å². The van der Waals surface area contributed by atoms with Gasteiger partial charge in [-0.15, -0.1) is 0 Å². The SMILES string of the molecule is CCC(C)C(O)C(Oc1ccc(-c2ccccc2)cc1)n1cncn1. The molecule has 0 fully saturated rings. The number of aromatic nitrogens is 3. The molecule has 0 bridgehead atoms. The summed E-state index contributed by atoms with van der Waals surface area (Å²) in [5.74, 6) is 0.764. The fraction of sp³-hybridized carbons (Fsp3) is 0.300. The molecule has 2 aromatic carbocycles. The first kappa shape index (κ1) is 17.2. The number of ether oxygens (including phenoxy) is 1. The fourth-order valence-electron chi connectivity index (χ4n) is 2.65. The van der Waals surface area contributed by atoms with Crippen LogP contribution in [0.5, 0.6) is 5.75 Å². The molecule has 3 aromatic rings. The minimum Gasteiger partial charge on any atom is -0.466 e. The van der Waals surface area contributed by atoms with Crippen molar-refractivity contribution in [2.75, 3.05) is 0 Å². The lowest BCUT2D eigenvalue weighted by atomic mass is 10.0. The lowest BCUT2D eigenvalue weighted by Gasteiger charge is -2.27. The summed E-state index contributed by atoms with van der Waals surface area (Å²) in [5.41, 5.74) is 2.27. The molecule has 1 N–H and O–H groups in total. The maximum absolute atomic E-state index is 10.6. The first-order valence-electron chi connectivity index (χ1n) is 8.53. The van der Waals surface area contributed by atoms with Gasteiger partial charge in [0.1, 0.15) is 24.5 Å². The van der Waals surface area contributed by atoms with Crippen LogP contribution in [-0.4, -0.2) is 26.0 Å². The average molecular weight is 337 g/mol. The Labute approximate surface area is 147 Å². The van der Waals surface area contributed by atoms with Crippen molar-refractivity contribution in [1.29, 1.82) is 0 Å². The molecule has 0 spiro atoms. The summed E-state index contributed by atoms with van der Waals surface area (Å²) in [6.07, 6.45) is 2.57. The van der Waals surface area contributed by atoms with Gasteiger partial charge < -0.3 is 9.84 Å². The van der Waals surface area contributed by atoms with E-state index < -0.39 is 12.3 Å². The Morgan fingerprint density at radius 1 is 1.04 bits per heavy atom. The van der Waals surface area contributed by atoms with Gasteiger partial charge in [0, 0.05) is 0 Å². The zero-order valence-corrected chi connectivity index (χ0v) is 14.5. The maximum Gasteiger partial charge on any atom is 0.218 e. The van der Waals surface area contributed by atoms with E-state index in [1.807, 2.05) is 56.3 Å². The molecule has 3 rings (SSSR count). The lowest BCUT2D eigenvalue weighted by Crippen LogP contribution is -2.34. The number of hydrogen-bond donors (Lipinski definition) is 1. The molecule has 0 aliphatic carbocycles. The van der Waals surface area contributed by atoms with Crippen LogP contribution >= 0.6 is 0 Å². The minimum atomic E-state index is -0.680. The first-order chi connectivity index (χ1) is 12.2. The fourth-order valence-corrected chi connectivity index (χ4v) is 2.65. The van der Waals surface area contributed by atoms with E-state index >= 15 is 0 Å². The maximum atomic E-state index is 10.6. The van der Waals surface area contributed by atoms with Crippen molar-refractivity contribution in [2.24, 2.45) is 5.92 Å². The summed E-state index contributed by atoms with van der Waals surface area (Å²) in [6, 6.07) is 18.0. The van der Waals surface area contributed by atoms with E-state index in [1.54, 1.807) is 11.0 Å². The van der Waals surface area contributed by atoms with E-state index in [1.165, 1.54) is 6.33 Å². The Morgan fingerprint density at radius 3 is 2.32 bits per heavy atom. The molecule has 130 valence electrons. The van der Waals surface area contributed by atoms with E-state index in [9.17, 15) is 5.11 Å². The third kappa shape index (κ3) is 4.06. The summed E-state index contributed by atoms with van der Waals surface area (Å²) in [6.45, 7) is 4.04. The Bertz CT molecular complexity index is 757. The van der Waals surface area contributed by atoms with Crippen LogP contribution in [0, 0.1) is 5.92 Å². The van der Waals surface area contributed by atoms with E-state index in [4.69, 9.17) is 4.74 Å². The highest BCUT2D eigenvalue weighted by Gasteiger charge is 2.28. The van der Waals surface area contributed by atoms with Gasteiger partial charge >= 0.3 is 0 Å². The molecule has 5 heteroatoms. The van der Waals surface area contributed by atoms with E-state index in [-0.39, 0.29) is 5.92 Å². The van der Waals surface area contributed by atoms with Gasteiger partial charge in [-0.05, 0) is 29.2 Å². The summed E-state index contributed by atoms with van der Waals surface area (Å²) < 4.78 is 7.60. The third-order valence-electron chi connectivity index (χ3n) is 4.43. The normalized spacial score (nSPS) is 14.7. The smallest absolute Gasteiger partial charge is 0.218 e. The van der Waals surface area contributed by atoms with Crippen LogP contribution in [0.25, 0.3) is 11.1 Å². The molecular weight excluding hydrogens is 314 g/mol. The average Bonchev–Trinajstić information content (AvgIpc) is 3.20. The van der Waals surface area contributed by atoms with Crippen LogP contribution in [0.2, 0.25) is 0 Å². The highest BCUT2D eigenvalue weighted by atomic mass is 16.5. The third-order valence-corrected chi connectivity index (χ3v) is 4.43. The molecule has 1 heterocycles. The van der Waals surface area contributed by atoms with Crippen molar-refractivity contribution >= 4 is 0 Å². The summed E-state index contributed by atoms with van der Waals surface area (Å²) in [5, 5.41) is 14.8. The van der Waals surface area contributed by atoms with Gasteiger partial charge in [0.25, 0.3) is 0 Å². The predicted molar refractivity (Wildman–Crippen MR) is 97.0 cm³/mol. The minimum absolute atomic E-state index is 0.0813. The van der Waals surface area contributed by atoms with E-state index in [0.29, 0.717) is 5.75 Å². The highest BCUT2D eigenvalue weighted by Crippen LogP contribution is 2.27. The molecule has 0 aliphatic rings. The van der Waals surface area contributed by atoms with E-state index in [0.717, 1.165) is 17.5 Å². The Hall–Kier alpha value is -2.66. The lowest BCUT2D eigenvalue weighted by molar-refractivity contribution is -0.0461. The molecule has 0 radical (unpaired) electrons. The van der Waals surface area contributed by atoms with Gasteiger partial charge in [-0.1, -0.05) is 62.7 Å². The second-order valence-electron chi connectivity index (χ2n) is 6.15. The van der Waals surface area contributed by atoms with Gasteiger partial charge in [0.15, 0.2) is 0 Å². The number of rotatable bonds is 7. The second kappa shape index (κ2) is 7.94. The Morgan fingerprint density at radius 2 is 1.72 bits per heavy atom. The van der Waals surface area contributed by atoms with Gasteiger partial charge in [0.2, 0.25) is 6.23 Å². The summed E-state index contributed by atoms with van der Waals surface area (Å²) in [4.78, 5) is 3.97. The van der Waals surface area contributed by atoms with Gasteiger partial charge in [-0.3, -0.25) is 0 Å². The molecule has 0 aliphatic heterocycles. The van der Waals surface area contributed by atoms with Crippen LogP contribution in [0.3, 0.4) is 0 Å². The molecule has 1 aromatic heterocycles. The highest BCUT2D eigenvalue weighted by molar-refractivity contribution is 5.63. The van der Waals surface area contributed by atoms with Crippen molar-refractivity contribution in [3.8, 4) is 16.9 Å². The second-order valence-corrected chi connectivity index (χ2v) is 6.15. The number of hydrogen-bond acceptors (Lipinski definition) is 4. The van der Waals surface area contributed by atoms with Crippen molar-refractivity contribution in [3.05, 3.63) is 67.3 Å². The molecule has 5 nitrogen and oxygen atoms in total. The number of aliphatic hydroxyl groups excluding tert-OH is 1. The largest absolute Gasteiger partial charge is 0.466 e. The quantitative estimate of drug-likeness (QED) is 0.709. The van der Waals surface area contributed by atoms with Crippen LogP contribution < -0.4 is 4.74 Å². The van der Waals surface area contributed by atoms with Gasteiger partial charge in [-0.25, -0.2) is 9.67 Å². The van der Waals surface area contributed by atoms with Crippen molar-refractivity contribution in [2.45, 2.75) is 32.6 Å². The topological polar surface area (TPSA) is 60.2 Å². The molecule has 25 heavy (non-hydrogen) atoms. The molecule has 3 unspecified atom stereocenters. The monoisotopic (exact) mass is 337 g/mol. The van der Waals surface area contributed by atoms with Crippen LogP contribution in [0.15, 0.2) is 67.3 Å². The molecule has 0 amide bonds. The summed E-state index contributed by atoms with van der Waals surface area (Å²) in [7, 11) is 0. The zero-order chi connectivity index (χ0) is 17.6. The Kier molecular flexibility index (Phi) is 5.46. The molecule has 0 saturated heterocycles. The first-order valence-corrected chi connectivity index (χ1v) is 8.53. The van der Waals surface area contributed by atoms with Crippen molar-refractivity contribution in [3.63, 3.8) is 0 Å². The number of nitrogens with zero attached hydrogens (tertiary/aromatic N) is 3. The summed E-state index contributed by atoms with van der Waals surface area (Å²) >= 11 is 0. The van der Waals surface area contributed by atoms with Crippen molar-refractivity contribution < 1.29 is 9.84 Å². The van der Waals surface area contributed by atoms with Crippen LogP contribution in [-0.2, 0) is 0 Å². The van der Waals surface area contributed by atoms with Crippen LogP contribution in [0.1, 0.15) is 26.5 Å². The molecule has 0 saturated carbocycles. The van der Waals surface area contributed by atoms with E-state index in [2.05, 4.69) is 22.2 Å². The van der Waals surface area contributed by atoms with Gasteiger partial charge in [-0.2, -0.15) is 5.10 Å². The number of aliphatic hydroxyl groups is 1. The van der Waals surface area contributed by atoms with Crippen molar-refractivity contribution in [1.82, 2.24) is 14.8 Å². The molecular formula is C20H23N3O2. The number of benzene rings is 2. The Balaban J connectivity index is 1.80. The van der Waals surface area contributed by atoms with Crippen LogP contribution in [0.4, 0.5) is 0 Å².